The van der Waals surface area contributed by atoms with Crippen molar-refractivity contribution in [3.05, 3.63) is 24.3 Å². The Labute approximate surface area is 118 Å². The van der Waals surface area contributed by atoms with E-state index < -0.39 is 0 Å². The van der Waals surface area contributed by atoms with E-state index in [0.29, 0.717) is 11.6 Å². The zero-order chi connectivity index (χ0) is 14.8. The molecule has 2 heterocycles. The highest BCUT2D eigenvalue weighted by Crippen LogP contribution is 2.19. The third-order valence-corrected chi connectivity index (χ3v) is 2.89. The van der Waals surface area contributed by atoms with Crippen LogP contribution in [0.4, 0.5) is 4.79 Å². The van der Waals surface area contributed by atoms with Crippen molar-refractivity contribution in [2.45, 2.75) is 52.4 Å². The maximum absolute atomic E-state index is 12.4. The van der Waals surface area contributed by atoms with E-state index in [1.54, 1.807) is 0 Å². The fraction of sp³-hybridized carbons (Fsp3) is 0.615. The van der Waals surface area contributed by atoms with E-state index in [9.17, 15) is 4.79 Å². The molecule has 7 nitrogen and oxygen atoms in total. The molecule has 0 radical (unpaired) electrons. The molecule has 0 spiro atoms. The molecule has 7 heteroatoms. The molecule has 20 heavy (non-hydrogen) atoms. The quantitative estimate of drug-likeness (QED) is 0.857. The maximum Gasteiger partial charge on any atom is 0.372 e. The molecular weight excluding hydrogens is 256 g/mol. The summed E-state index contributed by atoms with van der Waals surface area (Å²) < 4.78 is 2.50. The standard InChI is InChI=1S/C13H20N6O/c1-5-6-7-10-16-11(13(2,3)4)17-19(10)12(20)18-9-14-8-15-18/h8-9H,5-7H2,1-4H3. The normalized spacial score (nSPS) is 11.8. The molecule has 2 aromatic heterocycles. The third kappa shape index (κ3) is 2.92. The van der Waals surface area contributed by atoms with Gasteiger partial charge in [-0.1, -0.05) is 34.1 Å². The molecular formula is C13H20N6O. The van der Waals surface area contributed by atoms with Gasteiger partial charge in [-0.3, -0.25) is 0 Å². The Morgan fingerprint density at radius 3 is 2.65 bits per heavy atom. The van der Waals surface area contributed by atoms with Crippen molar-refractivity contribution < 1.29 is 4.79 Å². The largest absolute Gasteiger partial charge is 0.372 e. The Morgan fingerprint density at radius 1 is 1.35 bits per heavy atom. The first-order valence-electron chi connectivity index (χ1n) is 6.79. The van der Waals surface area contributed by atoms with E-state index >= 15 is 0 Å². The van der Waals surface area contributed by atoms with Crippen molar-refractivity contribution in [3.63, 3.8) is 0 Å². The SMILES string of the molecule is CCCCc1nc(C(C)(C)C)nn1C(=O)n1cncn1. The van der Waals surface area contributed by atoms with Gasteiger partial charge < -0.3 is 0 Å². The van der Waals surface area contributed by atoms with E-state index in [0.717, 1.165) is 23.9 Å². The summed E-state index contributed by atoms with van der Waals surface area (Å²) in [6, 6.07) is -0.350. The second-order valence-corrected chi connectivity index (χ2v) is 5.74. The first-order valence-corrected chi connectivity index (χ1v) is 6.79. The van der Waals surface area contributed by atoms with Gasteiger partial charge in [0.2, 0.25) is 0 Å². The minimum absolute atomic E-state index is 0.200. The molecule has 0 amide bonds. The topological polar surface area (TPSA) is 78.5 Å². The van der Waals surface area contributed by atoms with Crippen LogP contribution < -0.4 is 0 Å². The molecule has 0 N–H and O–H groups in total. The van der Waals surface area contributed by atoms with Gasteiger partial charge in [-0.05, 0) is 6.42 Å². The average Bonchev–Trinajstić information content (AvgIpc) is 3.03. The van der Waals surface area contributed by atoms with Gasteiger partial charge in [-0.15, -0.1) is 5.10 Å². The summed E-state index contributed by atoms with van der Waals surface area (Å²) in [5.74, 6) is 1.34. The number of unbranched alkanes of at least 4 members (excludes halogenated alkanes) is 1. The van der Waals surface area contributed by atoms with Crippen LogP contribution in [0.25, 0.3) is 0 Å². The molecule has 108 valence electrons. The van der Waals surface area contributed by atoms with Crippen molar-refractivity contribution in [1.82, 2.24) is 29.5 Å². The van der Waals surface area contributed by atoms with Gasteiger partial charge in [0.1, 0.15) is 18.5 Å². The summed E-state index contributed by atoms with van der Waals surface area (Å²) >= 11 is 0. The predicted molar refractivity (Wildman–Crippen MR) is 73.5 cm³/mol. The fourth-order valence-corrected chi connectivity index (χ4v) is 1.72. The highest BCUT2D eigenvalue weighted by Gasteiger charge is 2.24. The summed E-state index contributed by atoms with van der Waals surface area (Å²) in [7, 11) is 0. The maximum atomic E-state index is 12.4. The van der Waals surface area contributed by atoms with Crippen molar-refractivity contribution in [3.8, 4) is 0 Å². The molecule has 2 aromatic rings. The van der Waals surface area contributed by atoms with E-state index in [1.165, 1.54) is 17.3 Å². The molecule has 0 bridgehead atoms. The first kappa shape index (κ1) is 14.4. The number of aryl methyl sites for hydroxylation is 1. The fourth-order valence-electron chi connectivity index (χ4n) is 1.72. The van der Waals surface area contributed by atoms with Crippen LogP contribution >= 0.6 is 0 Å². The number of nitrogens with zero attached hydrogens (tertiary/aromatic N) is 6. The summed E-state index contributed by atoms with van der Waals surface area (Å²) in [6.07, 6.45) is 5.41. The highest BCUT2D eigenvalue weighted by atomic mass is 16.2. The van der Waals surface area contributed by atoms with Crippen molar-refractivity contribution in [2.75, 3.05) is 0 Å². The van der Waals surface area contributed by atoms with E-state index in [2.05, 4.69) is 27.1 Å². The Bertz CT molecular complexity index is 579. The lowest BCUT2D eigenvalue weighted by atomic mass is 9.96. The summed E-state index contributed by atoms with van der Waals surface area (Å²) in [4.78, 5) is 20.7. The molecule has 2 rings (SSSR count). The third-order valence-electron chi connectivity index (χ3n) is 2.89. The van der Waals surface area contributed by atoms with E-state index in [-0.39, 0.29) is 11.4 Å². The molecule has 0 saturated carbocycles. The van der Waals surface area contributed by atoms with Crippen LogP contribution in [0.15, 0.2) is 12.7 Å². The molecule has 0 aliphatic rings. The number of carbonyl (C=O) groups is 1. The van der Waals surface area contributed by atoms with Gasteiger partial charge in [0, 0.05) is 11.8 Å². The monoisotopic (exact) mass is 276 g/mol. The first-order chi connectivity index (χ1) is 9.43. The Kier molecular flexibility index (Phi) is 3.96. The Hall–Kier alpha value is -2.05. The number of rotatable bonds is 3. The van der Waals surface area contributed by atoms with Gasteiger partial charge in [-0.25, -0.2) is 14.8 Å². The lowest BCUT2D eigenvalue weighted by Crippen LogP contribution is -2.24. The number of carbonyl (C=O) groups excluding carboxylic acids is 1. The lowest BCUT2D eigenvalue weighted by Gasteiger charge is -2.12. The highest BCUT2D eigenvalue weighted by molar-refractivity contribution is 5.77. The summed E-state index contributed by atoms with van der Waals surface area (Å²) in [5, 5.41) is 8.21. The molecule has 0 aromatic carbocycles. The second kappa shape index (κ2) is 5.52. The van der Waals surface area contributed by atoms with Crippen LogP contribution in [-0.2, 0) is 11.8 Å². The predicted octanol–water partition coefficient (Wildman–Crippen LogP) is 2.03. The van der Waals surface area contributed by atoms with Crippen molar-refractivity contribution >= 4 is 6.03 Å². The van der Waals surface area contributed by atoms with Crippen molar-refractivity contribution in [1.29, 1.82) is 0 Å². The van der Waals surface area contributed by atoms with Gasteiger partial charge in [0.25, 0.3) is 0 Å². The van der Waals surface area contributed by atoms with Crippen LogP contribution in [-0.4, -0.2) is 35.6 Å². The second-order valence-electron chi connectivity index (χ2n) is 5.74. The Morgan fingerprint density at radius 2 is 2.10 bits per heavy atom. The minimum atomic E-state index is -0.350. The number of hydrogen-bond acceptors (Lipinski definition) is 5. The molecule has 0 unspecified atom stereocenters. The molecule has 0 saturated heterocycles. The number of hydrogen-bond donors (Lipinski definition) is 0. The molecule has 0 aliphatic heterocycles. The zero-order valence-corrected chi connectivity index (χ0v) is 12.4. The van der Waals surface area contributed by atoms with Gasteiger partial charge in [0.05, 0.1) is 0 Å². The average molecular weight is 276 g/mol. The van der Waals surface area contributed by atoms with Crippen LogP contribution in [0.1, 0.15) is 52.2 Å². The smallest absolute Gasteiger partial charge is 0.243 e. The molecule has 0 aliphatic carbocycles. The van der Waals surface area contributed by atoms with Gasteiger partial charge in [0.15, 0.2) is 5.82 Å². The van der Waals surface area contributed by atoms with Crippen molar-refractivity contribution in [2.24, 2.45) is 0 Å². The summed E-state index contributed by atoms with van der Waals surface area (Å²) in [6.45, 7) is 8.17. The van der Waals surface area contributed by atoms with Gasteiger partial charge >= 0.3 is 6.03 Å². The zero-order valence-electron chi connectivity index (χ0n) is 12.4. The van der Waals surface area contributed by atoms with Crippen LogP contribution in [0.2, 0.25) is 0 Å². The lowest BCUT2D eigenvalue weighted by molar-refractivity contribution is 0.237. The minimum Gasteiger partial charge on any atom is -0.243 e. The van der Waals surface area contributed by atoms with E-state index in [1.807, 2.05) is 20.8 Å². The Balaban J connectivity index is 2.39. The van der Waals surface area contributed by atoms with Crippen LogP contribution in [0.5, 0.6) is 0 Å². The molecule has 0 atom stereocenters. The molecule has 0 fully saturated rings. The van der Waals surface area contributed by atoms with Crippen LogP contribution in [0, 0.1) is 0 Å². The van der Waals surface area contributed by atoms with E-state index in [4.69, 9.17) is 0 Å². The number of aromatic nitrogens is 6. The van der Waals surface area contributed by atoms with Crippen LogP contribution in [0.3, 0.4) is 0 Å². The summed E-state index contributed by atoms with van der Waals surface area (Å²) in [5.41, 5.74) is -0.200. The van der Waals surface area contributed by atoms with Gasteiger partial charge in [-0.2, -0.15) is 14.5 Å².